The van der Waals surface area contributed by atoms with E-state index < -0.39 is 0 Å². The maximum atomic E-state index is 2.62. The maximum Gasteiger partial charge on any atom is 0.0372 e. The summed E-state index contributed by atoms with van der Waals surface area (Å²) >= 11 is 0. The minimum atomic E-state index is -0.0795. The number of rotatable bonds is 4. The highest BCUT2D eigenvalue weighted by Gasteiger charge is 2.46. The lowest BCUT2D eigenvalue weighted by molar-refractivity contribution is 0.311. The molecule has 0 aromatic heterocycles. The fourth-order valence-corrected chi connectivity index (χ4v) is 10.7. The standard InChI is InChI=1S/C48H56N2/c1-29(2)31-15-19-49(20-16-31)37-11-9-33-25-41-39-13-14-40-42-26-34-10-12-38(50-21-17-32(18-22-50)30(3)4)24-36(34)28-44(42)48(7,8)46(40)45(39)47(5,6)43(41)27-35(33)23-37/h9-14,23-32H,15-22H2,1-8H3. The Balaban J connectivity index is 1.08. The Morgan fingerprint density at radius 2 is 0.840 bits per heavy atom. The van der Waals surface area contributed by atoms with Gasteiger partial charge in [0.15, 0.2) is 0 Å². The smallest absolute Gasteiger partial charge is 0.0372 e. The number of benzene rings is 5. The first-order valence-electron chi connectivity index (χ1n) is 19.8. The second kappa shape index (κ2) is 11.4. The molecule has 5 aromatic carbocycles. The molecule has 0 amide bonds. The lowest BCUT2D eigenvalue weighted by atomic mass is 9.72. The Hall–Kier alpha value is -3.78. The van der Waals surface area contributed by atoms with E-state index in [1.807, 2.05) is 0 Å². The van der Waals surface area contributed by atoms with E-state index in [1.54, 1.807) is 0 Å². The van der Waals surface area contributed by atoms with Crippen LogP contribution in [-0.4, -0.2) is 26.2 Å². The molecule has 2 heteroatoms. The molecule has 0 radical (unpaired) electrons. The molecule has 0 spiro atoms. The van der Waals surface area contributed by atoms with Crippen molar-refractivity contribution in [2.45, 2.75) is 91.9 Å². The highest BCUT2D eigenvalue weighted by atomic mass is 15.1. The van der Waals surface area contributed by atoms with Crippen LogP contribution in [0, 0.1) is 23.7 Å². The quantitative estimate of drug-likeness (QED) is 0.189. The summed E-state index contributed by atoms with van der Waals surface area (Å²) in [6.45, 7) is 24.2. The summed E-state index contributed by atoms with van der Waals surface area (Å²) in [4.78, 5) is 5.25. The van der Waals surface area contributed by atoms with Gasteiger partial charge in [-0.3, -0.25) is 0 Å². The van der Waals surface area contributed by atoms with Gasteiger partial charge in [0.2, 0.25) is 0 Å². The van der Waals surface area contributed by atoms with Crippen LogP contribution in [0.4, 0.5) is 11.4 Å². The predicted octanol–water partition coefficient (Wildman–Crippen LogP) is 12.4. The molecule has 0 bridgehead atoms. The largest absolute Gasteiger partial charge is 0.371 e. The van der Waals surface area contributed by atoms with Gasteiger partial charge in [-0.05, 0) is 164 Å². The second-order valence-corrected chi connectivity index (χ2v) is 18.2. The second-order valence-electron chi connectivity index (χ2n) is 18.2. The van der Waals surface area contributed by atoms with E-state index in [-0.39, 0.29) is 10.8 Å². The van der Waals surface area contributed by atoms with E-state index in [0.29, 0.717) is 0 Å². The Bertz CT molecular complexity index is 1990. The summed E-state index contributed by atoms with van der Waals surface area (Å²) in [7, 11) is 0. The third-order valence-corrected chi connectivity index (χ3v) is 14.0. The van der Waals surface area contributed by atoms with Crippen molar-refractivity contribution in [3.05, 3.63) is 95.1 Å². The number of hydrogen-bond donors (Lipinski definition) is 0. The average molecular weight is 661 g/mol. The van der Waals surface area contributed by atoms with E-state index in [0.717, 1.165) is 23.7 Å². The number of hydrogen-bond acceptors (Lipinski definition) is 2. The molecule has 0 saturated carbocycles. The topological polar surface area (TPSA) is 6.48 Å². The van der Waals surface area contributed by atoms with Crippen molar-refractivity contribution in [2.75, 3.05) is 36.0 Å². The van der Waals surface area contributed by atoms with Crippen LogP contribution in [0.2, 0.25) is 0 Å². The van der Waals surface area contributed by atoms with Gasteiger partial charge in [-0.25, -0.2) is 0 Å². The number of nitrogens with zero attached hydrogens (tertiary/aromatic N) is 2. The molecule has 2 heterocycles. The zero-order chi connectivity index (χ0) is 34.7. The molecule has 0 atom stereocenters. The van der Waals surface area contributed by atoms with Gasteiger partial charge in [0.25, 0.3) is 0 Å². The molecule has 9 rings (SSSR count). The molecule has 0 unspecified atom stereocenters. The third kappa shape index (κ3) is 4.80. The molecule has 2 fully saturated rings. The van der Waals surface area contributed by atoms with Crippen LogP contribution < -0.4 is 9.80 Å². The molecule has 2 nitrogen and oxygen atoms in total. The molecule has 4 aliphatic rings. The summed E-state index contributed by atoms with van der Waals surface area (Å²) in [6.07, 6.45) is 5.22. The van der Waals surface area contributed by atoms with Crippen LogP contribution in [0.1, 0.15) is 103 Å². The van der Waals surface area contributed by atoms with Gasteiger partial charge in [-0.1, -0.05) is 79.7 Å². The zero-order valence-corrected chi connectivity index (χ0v) is 31.8. The first-order valence-corrected chi connectivity index (χ1v) is 19.8. The Kier molecular flexibility index (Phi) is 7.31. The van der Waals surface area contributed by atoms with Crippen LogP contribution in [0.3, 0.4) is 0 Å². The van der Waals surface area contributed by atoms with Gasteiger partial charge < -0.3 is 9.80 Å². The SMILES string of the molecule is CC(C)C1CCN(c2ccc3cc4c(cc3c2)C(C)(C)c2c-4ccc3c2C(C)(C)c2cc4cc(N5CCC(C(C)C)CC5)ccc4cc2-3)CC1. The number of fused-ring (bicyclic) bond motifs is 9. The molecule has 2 aliphatic carbocycles. The third-order valence-electron chi connectivity index (χ3n) is 14.0. The summed E-state index contributed by atoms with van der Waals surface area (Å²) in [5, 5.41) is 5.46. The van der Waals surface area contributed by atoms with Crippen LogP contribution >= 0.6 is 0 Å². The van der Waals surface area contributed by atoms with E-state index in [4.69, 9.17) is 0 Å². The van der Waals surface area contributed by atoms with Crippen molar-refractivity contribution in [3.8, 4) is 22.3 Å². The van der Waals surface area contributed by atoms with Crippen molar-refractivity contribution in [1.29, 1.82) is 0 Å². The van der Waals surface area contributed by atoms with Crippen LogP contribution in [0.15, 0.2) is 72.8 Å². The molecule has 258 valence electrons. The molecular formula is C48H56N2. The van der Waals surface area contributed by atoms with Gasteiger partial charge in [0.05, 0.1) is 0 Å². The average Bonchev–Trinajstić information content (AvgIpc) is 3.47. The van der Waals surface area contributed by atoms with Crippen molar-refractivity contribution >= 4 is 32.9 Å². The molecular weight excluding hydrogens is 605 g/mol. The molecule has 2 saturated heterocycles. The Morgan fingerprint density at radius 3 is 1.20 bits per heavy atom. The Morgan fingerprint density at radius 1 is 0.460 bits per heavy atom. The molecule has 50 heavy (non-hydrogen) atoms. The highest BCUT2D eigenvalue weighted by molar-refractivity contribution is 6.00. The minimum absolute atomic E-state index is 0.0795. The summed E-state index contributed by atoms with van der Waals surface area (Å²) in [5.41, 5.74) is 14.4. The number of piperidine rings is 2. The summed E-state index contributed by atoms with van der Waals surface area (Å²) < 4.78 is 0. The fourth-order valence-electron chi connectivity index (χ4n) is 10.7. The molecule has 5 aromatic rings. The first kappa shape index (κ1) is 32.1. The van der Waals surface area contributed by atoms with Crippen LogP contribution in [-0.2, 0) is 10.8 Å². The first-order chi connectivity index (χ1) is 23.9. The minimum Gasteiger partial charge on any atom is -0.371 e. The van der Waals surface area contributed by atoms with Gasteiger partial charge in [0.1, 0.15) is 0 Å². The van der Waals surface area contributed by atoms with E-state index in [9.17, 15) is 0 Å². The lowest BCUT2D eigenvalue weighted by Crippen LogP contribution is -2.35. The van der Waals surface area contributed by atoms with Crippen LogP contribution in [0.25, 0.3) is 43.8 Å². The molecule has 2 aliphatic heterocycles. The fraction of sp³-hybridized carbons (Fsp3) is 0.458. The van der Waals surface area contributed by atoms with Crippen molar-refractivity contribution in [1.82, 2.24) is 0 Å². The van der Waals surface area contributed by atoms with Crippen molar-refractivity contribution < 1.29 is 0 Å². The van der Waals surface area contributed by atoms with Crippen molar-refractivity contribution in [3.63, 3.8) is 0 Å². The van der Waals surface area contributed by atoms with Gasteiger partial charge in [-0.2, -0.15) is 0 Å². The summed E-state index contributed by atoms with van der Waals surface area (Å²) in [6, 6.07) is 29.4. The van der Waals surface area contributed by atoms with Gasteiger partial charge >= 0.3 is 0 Å². The molecule has 0 N–H and O–H groups in total. The predicted molar refractivity (Wildman–Crippen MR) is 216 cm³/mol. The Labute approximate surface area is 300 Å². The highest BCUT2D eigenvalue weighted by Crippen LogP contribution is 2.60. The lowest BCUT2D eigenvalue weighted by Gasteiger charge is -2.35. The maximum absolute atomic E-state index is 2.62. The van der Waals surface area contributed by atoms with E-state index in [1.165, 1.54) is 129 Å². The van der Waals surface area contributed by atoms with E-state index in [2.05, 4.69) is 138 Å². The normalized spacial score (nSPS) is 19.8. The zero-order valence-electron chi connectivity index (χ0n) is 31.8. The number of anilines is 2. The van der Waals surface area contributed by atoms with Gasteiger partial charge in [-0.15, -0.1) is 0 Å². The van der Waals surface area contributed by atoms with E-state index >= 15 is 0 Å². The van der Waals surface area contributed by atoms with Crippen LogP contribution in [0.5, 0.6) is 0 Å². The summed E-state index contributed by atoms with van der Waals surface area (Å²) in [5.74, 6) is 3.29. The van der Waals surface area contributed by atoms with Crippen molar-refractivity contribution in [2.24, 2.45) is 23.7 Å². The van der Waals surface area contributed by atoms with Gasteiger partial charge in [0, 0.05) is 48.4 Å². The monoisotopic (exact) mass is 660 g/mol.